The minimum Gasteiger partial charge on any atom is -0.295 e. The Morgan fingerprint density at radius 1 is 1.06 bits per heavy atom. The van der Waals surface area contributed by atoms with Gasteiger partial charge in [0.05, 0.1) is 6.54 Å². The maximum Gasteiger partial charge on any atom is 0.321 e. The number of nitrogens with zero attached hydrogens (tertiary/aromatic N) is 1. The van der Waals surface area contributed by atoms with Crippen LogP contribution in [-0.4, -0.2) is 5.37 Å². The number of hydrogen-bond donors (Lipinski definition) is 0. The summed E-state index contributed by atoms with van der Waals surface area (Å²) in [4.78, 5) is 13.0. The van der Waals surface area contributed by atoms with Crippen molar-refractivity contribution < 1.29 is 4.79 Å². The van der Waals surface area contributed by atoms with E-state index in [0.717, 1.165) is 11.3 Å². The van der Waals surface area contributed by atoms with E-state index in [-0.39, 0.29) is 0 Å². The molecule has 0 spiro atoms. The van der Waals surface area contributed by atoms with Gasteiger partial charge in [0.25, 0.3) is 0 Å². The van der Waals surface area contributed by atoms with E-state index in [1.54, 1.807) is 6.07 Å². The van der Waals surface area contributed by atoms with Crippen molar-refractivity contribution in [3.63, 3.8) is 0 Å². The first-order valence-electron chi connectivity index (χ1n) is 5.43. The zero-order valence-corrected chi connectivity index (χ0v) is 11.0. The quantitative estimate of drug-likeness (QED) is 0.589. The maximum atomic E-state index is 11.5. The van der Waals surface area contributed by atoms with E-state index < -0.39 is 5.37 Å². The highest BCUT2D eigenvalue weighted by Gasteiger charge is 2.13. The molecule has 0 radical (unpaired) electrons. The Hall–Kier alpha value is -1.51. The second kappa shape index (κ2) is 5.89. The summed E-state index contributed by atoms with van der Waals surface area (Å²) in [6.45, 7) is 0.396. The summed E-state index contributed by atoms with van der Waals surface area (Å²) in [7, 11) is 0. The first-order chi connectivity index (χ1) is 8.66. The molecule has 0 N–H and O–H groups in total. The summed E-state index contributed by atoms with van der Waals surface area (Å²) in [6, 6.07) is 16.6. The normalized spacial score (nSPS) is 10.1. The van der Waals surface area contributed by atoms with Gasteiger partial charge in [0.15, 0.2) is 0 Å². The molecule has 0 heterocycles. The second-order valence-electron chi connectivity index (χ2n) is 3.80. The smallest absolute Gasteiger partial charge is 0.295 e. The van der Waals surface area contributed by atoms with Crippen LogP contribution in [0, 0.1) is 0 Å². The van der Waals surface area contributed by atoms with Gasteiger partial charge in [-0.05, 0) is 41.4 Å². The van der Waals surface area contributed by atoms with Gasteiger partial charge >= 0.3 is 5.37 Å². The highest BCUT2D eigenvalue weighted by molar-refractivity contribution is 6.66. The Morgan fingerprint density at radius 3 is 2.39 bits per heavy atom. The number of anilines is 1. The van der Waals surface area contributed by atoms with Crippen LogP contribution in [-0.2, 0) is 6.54 Å². The Morgan fingerprint density at radius 2 is 1.78 bits per heavy atom. The van der Waals surface area contributed by atoms with Gasteiger partial charge < -0.3 is 0 Å². The molecule has 2 rings (SSSR count). The number of halogens is 2. The zero-order chi connectivity index (χ0) is 13.0. The van der Waals surface area contributed by atoms with E-state index >= 15 is 0 Å². The van der Waals surface area contributed by atoms with Crippen molar-refractivity contribution >= 4 is 34.3 Å². The first kappa shape index (κ1) is 12.9. The van der Waals surface area contributed by atoms with Crippen molar-refractivity contribution in [1.82, 2.24) is 0 Å². The van der Waals surface area contributed by atoms with Crippen LogP contribution in [0.25, 0.3) is 0 Å². The summed E-state index contributed by atoms with van der Waals surface area (Å²) in [5.41, 5.74) is 1.69. The van der Waals surface area contributed by atoms with Crippen LogP contribution in [0.15, 0.2) is 54.6 Å². The third kappa shape index (κ3) is 3.25. The van der Waals surface area contributed by atoms with Crippen molar-refractivity contribution in [2.24, 2.45) is 0 Å². The molecule has 0 aliphatic rings. The molecule has 0 fully saturated rings. The van der Waals surface area contributed by atoms with E-state index in [1.807, 2.05) is 48.5 Å². The third-order valence-electron chi connectivity index (χ3n) is 2.51. The standard InChI is InChI=1S/C14H11Cl2NO/c15-12-6-4-5-11(9-12)10-17(14(16)18)13-7-2-1-3-8-13/h1-9H,10H2. The summed E-state index contributed by atoms with van der Waals surface area (Å²) in [5, 5.41) is 0.128. The van der Waals surface area contributed by atoms with Gasteiger partial charge in [0.2, 0.25) is 0 Å². The molecule has 0 aliphatic carbocycles. The number of benzene rings is 2. The molecule has 0 aromatic heterocycles. The van der Waals surface area contributed by atoms with E-state index in [2.05, 4.69) is 0 Å². The number of rotatable bonds is 3. The number of carbonyl (C=O) groups excluding carboxylic acids is 1. The van der Waals surface area contributed by atoms with Crippen LogP contribution >= 0.6 is 23.2 Å². The van der Waals surface area contributed by atoms with Crippen LogP contribution < -0.4 is 4.90 Å². The predicted octanol–water partition coefficient (Wildman–Crippen LogP) is 4.71. The second-order valence-corrected chi connectivity index (χ2v) is 4.56. The molecular formula is C14H11Cl2NO. The van der Waals surface area contributed by atoms with Gasteiger partial charge in [-0.2, -0.15) is 0 Å². The molecular weight excluding hydrogens is 269 g/mol. The lowest BCUT2D eigenvalue weighted by Gasteiger charge is -2.19. The molecule has 2 aromatic carbocycles. The molecule has 2 nitrogen and oxygen atoms in total. The maximum absolute atomic E-state index is 11.5. The van der Waals surface area contributed by atoms with Gasteiger partial charge in [-0.3, -0.25) is 9.69 Å². The molecule has 0 aliphatic heterocycles. The van der Waals surface area contributed by atoms with Crippen molar-refractivity contribution in [3.05, 3.63) is 65.2 Å². The van der Waals surface area contributed by atoms with E-state index in [4.69, 9.17) is 23.2 Å². The molecule has 1 amide bonds. The topological polar surface area (TPSA) is 20.3 Å². The van der Waals surface area contributed by atoms with Crippen LogP contribution in [0.4, 0.5) is 10.5 Å². The number of para-hydroxylation sites is 1. The Balaban J connectivity index is 2.25. The van der Waals surface area contributed by atoms with Crippen LogP contribution in [0.3, 0.4) is 0 Å². The largest absolute Gasteiger partial charge is 0.321 e. The molecule has 0 saturated carbocycles. The molecule has 0 bridgehead atoms. The van der Waals surface area contributed by atoms with Crippen LogP contribution in [0.2, 0.25) is 5.02 Å². The van der Waals surface area contributed by atoms with Crippen molar-refractivity contribution in [2.75, 3.05) is 4.90 Å². The molecule has 0 atom stereocenters. The molecule has 0 unspecified atom stereocenters. The average molecular weight is 280 g/mol. The van der Waals surface area contributed by atoms with E-state index in [0.29, 0.717) is 11.6 Å². The van der Waals surface area contributed by atoms with Gasteiger partial charge in [-0.15, -0.1) is 0 Å². The zero-order valence-electron chi connectivity index (χ0n) is 9.51. The first-order valence-corrected chi connectivity index (χ1v) is 6.19. The third-order valence-corrected chi connectivity index (χ3v) is 2.95. The fourth-order valence-corrected chi connectivity index (χ4v) is 2.05. The molecule has 0 saturated heterocycles. The minimum atomic E-state index is -0.513. The molecule has 4 heteroatoms. The van der Waals surface area contributed by atoms with Gasteiger partial charge in [-0.1, -0.05) is 41.9 Å². The number of hydrogen-bond acceptors (Lipinski definition) is 1. The lowest BCUT2D eigenvalue weighted by Crippen LogP contribution is -2.24. The summed E-state index contributed by atoms with van der Waals surface area (Å²) in [6.07, 6.45) is 0. The SMILES string of the molecule is O=C(Cl)N(Cc1cccc(Cl)c1)c1ccccc1. The van der Waals surface area contributed by atoms with Gasteiger partial charge in [0, 0.05) is 10.7 Å². The summed E-state index contributed by atoms with van der Waals surface area (Å²) >= 11 is 11.5. The van der Waals surface area contributed by atoms with E-state index in [1.165, 1.54) is 4.90 Å². The predicted molar refractivity (Wildman–Crippen MR) is 75.3 cm³/mol. The van der Waals surface area contributed by atoms with Crippen LogP contribution in [0.5, 0.6) is 0 Å². The average Bonchev–Trinajstić information content (AvgIpc) is 2.37. The lowest BCUT2D eigenvalue weighted by molar-refractivity contribution is 0.264. The summed E-state index contributed by atoms with van der Waals surface area (Å²) in [5.74, 6) is 0. The molecule has 18 heavy (non-hydrogen) atoms. The van der Waals surface area contributed by atoms with Crippen molar-refractivity contribution in [2.45, 2.75) is 6.54 Å². The van der Waals surface area contributed by atoms with Gasteiger partial charge in [-0.25, -0.2) is 0 Å². The fraction of sp³-hybridized carbons (Fsp3) is 0.0714. The Labute approximate surface area is 116 Å². The van der Waals surface area contributed by atoms with Crippen molar-refractivity contribution in [1.29, 1.82) is 0 Å². The monoisotopic (exact) mass is 279 g/mol. The minimum absolute atomic E-state index is 0.396. The highest BCUT2D eigenvalue weighted by atomic mass is 35.5. The summed E-state index contributed by atoms with van der Waals surface area (Å²) < 4.78 is 0. The number of amides is 1. The Bertz CT molecular complexity index is 543. The number of carbonyl (C=O) groups is 1. The van der Waals surface area contributed by atoms with E-state index in [9.17, 15) is 4.79 Å². The van der Waals surface area contributed by atoms with Crippen molar-refractivity contribution in [3.8, 4) is 0 Å². The molecule has 92 valence electrons. The lowest BCUT2D eigenvalue weighted by atomic mass is 10.2. The Kier molecular flexibility index (Phi) is 4.24. The highest BCUT2D eigenvalue weighted by Crippen LogP contribution is 2.20. The molecule has 2 aromatic rings. The fourth-order valence-electron chi connectivity index (χ4n) is 1.68. The van der Waals surface area contributed by atoms with Gasteiger partial charge in [0.1, 0.15) is 0 Å². The van der Waals surface area contributed by atoms with Crippen LogP contribution in [0.1, 0.15) is 5.56 Å².